The molecular formula is C16H25N3O6. The van der Waals surface area contributed by atoms with Crippen LogP contribution < -0.4 is 5.32 Å². The molecule has 2 aliphatic heterocycles. The Hall–Kier alpha value is -2.16. The normalized spacial score (nSPS) is 29.4. The van der Waals surface area contributed by atoms with Gasteiger partial charge in [0.15, 0.2) is 0 Å². The SMILES string of the molecule is CC(C(=O)N[C@H]1CCO[C@H]2CC(C)(C)[C@@H](C=O)N2C1=O)N(C)C(=O)O. The second-order valence-corrected chi connectivity index (χ2v) is 7.26. The number of amides is 3. The van der Waals surface area contributed by atoms with Crippen molar-refractivity contribution >= 4 is 24.2 Å². The van der Waals surface area contributed by atoms with E-state index in [-0.39, 0.29) is 18.9 Å². The van der Waals surface area contributed by atoms with Gasteiger partial charge in [-0.3, -0.25) is 14.5 Å². The van der Waals surface area contributed by atoms with E-state index in [1.807, 2.05) is 13.8 Å². The molecule has 9 nitrogen and oxygen atoms in total. The molecule has 0 saturated carbocycles. The third kappa shape index (κ3) is 3.60. The van der Waals surface area contributed by atoms with Gasteiger partial charge in [-0.05, 0) is 18.8 Å². The first-order valence-corrected chi connectivity index (χ1v) is 8.25. The zero-order chi connectivity index (χ0) is 18.9. The molecule has 0 aliphatic carbocycles. The summed E-state index contributed by atoms with van der Waals surface area (Å²) < 4.78 is 5.71. The number of carboxylic acid groups (broad SMARTS) is 1. The number of aldehydes is 1. The van der Waals surface area contributed by atoms with E-state index in [4.69, 9.17) is 9.84 Å². The van der Waals surface area contributed by atoms with Crippen molar-refractivity contribution in [2.24, 2.45) is 5.41 Å². The van der Waals surface area contributed by atoms with Crippen LogP contribution in [0.4, 0.5) is 4.79 Å². The Morgan fingerprint density at radius 3 is 2.68 bits per heavy atom. The Balaban J connectivity index is 2.15. The lowest BCUT2D eigenvalue weighted by Crippen LogP contribution is -2.55. The summed E-state index contributed by atoms with van der Waals surface area (Å²) in [6.07, 6.45) is -0.167. The Kier molecular flexibility index (Phi) is 5.36. The summed E-state index contributed by atoms with van der Waals surface area (Å²) in [6, 6.07) is -2.41. The maximum absolute atomic E-state index is 12.9. The van der Waals surface area contributed by atoms with Crippen LogP contribution in [0.25, 0.3) is 0 Å². The Labute approximate surface area is 146 Å². The molecule has 0 aromatic heterocycles. The lowest BCUT2D eigenvalue weighted by molar-refractivity contribution is -0.146. The van der Waals surface area contributed by atoms with Crippen LogP contribution in [-0.4, -0.2) is 77.1 Å². The molecule has 9 heteroatoms. The molecule has 2 fully saturated rings. The van der Waals surface area contributed by atoms with E-state index in [0.717, 1.165) is 11.2 Å². The molecule has 0 spiro atoms. The zero-order valence-electron chi connectivity index (χ0n) is 14.9. The van der Waals surface area contributed by atoms with Gasteiger partial charge >= 0.3 is 6.09 Å². The number of likely N-dealkylation sites (N-methyl/N-ethyl adjacent to an activating group) is 1. The predicted molar refractivity (Wildman–Crippen MR) is 86.6 cm³/mol. The second-order valence-electron chi connectivity index (χ2n) is 7.26. The average molecular weight is 355 g/mol. The van der Waals surface area contributed by atoms with Crippen LogP contribution in [0.3, 0.4) is 0 Å². The largest absolute Gasteiger partial charge is 0.465 e. The van der Waals surface area contributed by atoms with Crippen LogP contribution in [0, 0.1) is 5.41 Å². The van der Waals surface area contributed by atoms with Gasteiger partial charge in [-0.15, -0.1) is 0 Å². The molecule has 140 valence electrons. The minimum absolute atomic E-state index is 0.267. The van der Waals surface area contributed by atoms with Crippen LogP contribution in [0.1, 0.15) is 33.6 Å². The number of fused-ring (bicyclic) bond motifs is 1. The van der Waals surface area contributed by atoms with E-state index in [1.165, 1.54) is 18.9 Å². The first-order chi connectivity index (χ1) is 11.6. The zero-order valence-corrected chi connectivity index (χ0v) is 14.9. The summed E-state index contributed by atoms with van der Waals surface area (Å²) in [7, 11) is 1.28. The third-order valence-electron chi connectivity index (χ3n) is 5.09. The fourth-order valence-electron chi connectivity index (χ4n) is 3.29. The first-order valence-electron chi connectivity index (χ1n) is 8.25. The summed E-state index contributed by atoms with van der Waals surface area (Å²) in [5, 5.41) is 11.6. The molecule has 0 radical (unpaired) electrons. The van der Waals surface area contributed by atoms with Gasteiger partial charge in [-0.1, -0.05) is 13.8 Å². The molecule has 2 aliphatic rings. The van der Waals surface area contributed by atoms with Crippen molar-refractivity contribution in [3.05, 3.63) is 0 Å². The van der Waals surface area contributed by atoms with Gasteiger partial charge in [-0.25, -0.2) is 4.79 Å². The number of nitrogens with one attached hydrogen (secondary N) is 1. The molecule has 2 saturated heterocycles. The number of nitrogens with zero attached hydrogens (tertiary/aromatic N) is 2. The predicted octanol–water partition coefficient (Wildman–Crippen LogP) is 0.0419. The van der Waals surface area contributed by atoms with Gasteiger partial charge < -0.3 is 24.9 Å². The molecule has 2 heterocycles. The molecule has 1 unspecified atom stereocenters. The third-order valence-corrected chi connectivity index (χ3v) is 5.09. The highest BCUT2D eigenvalue weighted by atomic mass is 16.5. The monoisotopic (exact) mass is 355 g/mol. The Bertz CT molecular complexity index is 578. The van der Waals surface area contributed by atoms with E-state index in [0.29, 0.717) is 6.42 Å². The molecule has 3 amide bonds. The van der Waals surface area contributed by atoms with Gasteiger partial charge in [-0.2, -0.15) is 0 Å². The van der Waals surface area contributed by atoms with E-state index < -0.39 is 41.8 Å². The summed E-state index contributed by atoms with van der Waals surface area (Å²) >= 11 is 0. The number of ether oxygens (including phenoxy) is 1. The van der Waals surface area contributed by atoms with E-state index in [1.54, 1.807) is 0 Å². The summed E-state index contributed by atoms with van der Waals surface area (Å²) in [5.74, 6) is -0.938. The van der Waals surface area contributed by atoms with Gasteiger partial charge in [0.05, 0.1) is 12.6 Å². The Morgan fingerprint density at radius 1 is 1.48 bits per heavy atom. The van der Waals surface area contributed by atoms with Gasteiger partial charge in [0.25, 0.3) is 0 Å². The number of hydrogen-bond donors (Lipinski definition) is 2. The molecule has 4 atom stereocenters. The van der Waals surface area contributed by atoms with Crippen LogP contribution in [0.2, 0.25) is 0 Å². The lowest BCUT2D eigenvalue weighted by Gasteiger charge is -2.31. The summed E-state index contributed by atoms with van der Waals surface area (Å²) in [4.78, 5) is 50.0. The van der Waals surface area contributed by atoms with Crippen LogP contribution in [-0.2, 0) is 19.1 Å². The quantitative estimate of drug-likeness (QED) is 0.688. The van der Waals surface area contributed by atoms with Crippen LogP contribution >= 0.6 is 0 Å². The number of hydrogen-bond acceptors (Lipinski definition) is 5. The van der Waals surface area contributed by atoms with Crippen molar-refractivity contribution in [2.45, 2.75) is 58.0 Å². The highest BCUT2D eigenvalue weighted by Crippen LogP contribution is 2.41. The van der Waals surface area contributed by atoms with Crippen LogP contribution in [0.5, 0.6) is 0 Å². The van der Waals surface area contributed by atoms with Crippen molar-refractivity contribution < 1.29 is 29.0 Å². The van der Waals surface area contributed by atoms with Gasteiger partial charge in [0, 0.05) is 13.5 Å². The average Bonchev–Trinajstić information content (AvgIpc) is 2.72. The molecule has 25 heavy (non-hydrogen) atoms. The minimum atomic E-state index is -1.24. The Morgan fingerprint density at radius 2 is 2.12 bits per heavy atom. The minimum Gasteiger partial charge on any atom is -0.465 e. The summed E-state index contributed by atoms with van der Waals surface area (Å²) in [5.41, 5.74) is -0.412. The molecule has 2 N–H and O–H groups in total. The lowest BCUT2D eigenvalue weighted by atomic mass is 9.85. The molecule has 2 rings (SSSR count). The van der Waals surface area contributed by atoms with Crippen molar-refractivity contribution in [3.8, 4) is 0 Å². The fraction of sp³-hybridized carbons (Fsp3) is 0.750. The van der Waals surface area contributed by atoms with E-state index in [9.17, 15) is 19.2 Å². The number of carbonyl (C=O) groups is 4. The van der Waals surface area contributed by atoms with E-state index >= 15 is 0 Å². The van der Waals surface area contributed by atoms with Crippen molar-refractivity contribution in [3.63, 3.8) is 0 Å². The number of carbonyl (C=O) groups excluding carboxylic acids is 3. The maximum Gasteiger partial charge on any atom is 0.407 e. The first kappa shape index (κ1) is 19.2. The van der Waals surface area contributed by atoms with Crippen molar-refractivity contribution in [2.75, 3.05) is 13.7 Å². The highest BCUT2D eigenvalue weighted by Gasteiger charge is 2.51. The molecule has 0 aromatic carbocycles. The molecule has 0 aromatic rings. The van der Waals surface area contributed by atoms with Gasteiger partial charge in [0.1, 0.15) is 24.6 Å². The summed E-state index contributed by atoms with van der Waals surface area (Å²) in [6.45, 7) is 5.50. The molecular weight excluding hydrogens is 330 g/mol. The van der Waals surface area contributed by atoms with Gasteiger partial charge in [0.2, 0.25) is 11.8 Å². The smallest absolute Gasteiger partial charge is 0.407 e. The maximum atomic E-state index is 12.9. The van der Waals surface area contributed by atoms with E-state index in [2.05, 4.69) is 5.32 Å². The topological polar surface area (TPSA) is 116 Å². The van der Waals surface area contributed by atoms with Crippen molar-refractivity contribution in [1.29, 1.82) is 0 Å². The highest BCUT2D eigenvalue weighted by molar-refractivity contribution is 5.92. The standard InChI is InChI=1S/C16H25N3O6/c1-9(18(4)15(23)24)13(21)17-10-5-6-25-12-7-16(2,3)11(8-20)19(12)14(10)22/h8-12H,5-7H2,1-4H3,(H,17,21)(H,23,24)/t9?,10-,11+,12-/m0/s1. The van der Waals surface area contributed by atoms with Crippen LogP contribution in [0.15, 0.2) is 0 Å². The fourth-order valence-corrected chi connectivity index (χ4v) is 3.29. The second kappa shape index (κ2) is 6.99. The van der Waals surface area contributed by atoms with Crippen molar-refractivity contribution in [1.82, 2.24) is 15.1 Å². The molecule has 0 bridgehead atoms. The number of rotatable bonds is 4.